The van der Waals surface area contributed by atoms with E-state index in [-0.39, 0.29) is 22.0 Å². The van der Waals surface area contributed by atoms with Gasteiger partial charge in [-0.15, -0.1) is 0 Å². The molecule has 0 aliphatic heterocycles. The second kappa shape index (κ2) is 9.23. The molecule has 0 radical (unpaired) electrons. The fraction of sp³-hybridized carbons (Fsp3) is 0.263. The Morgan fingerprint density at radius 3 is 2.63 bits per heavy atom. The molecule has 0 aliphatic rings. The van der Waals surface area contributed by atoms with Crippen molar-refractivity contribution in [1.29, 1.82) is 0 Å². The third-order valence-corrected chi connectivity index (χ3v) is 3.78. The van der Waals surface area contributed by atoms with Crippen molar-refractivity contribution in [3.63, 3.8) is 0 Å². The maximum atomic E-state index is 13.2. The van der Waals surface area contributed by atoms with E-state index in [1.54, 1.807) is 6.92 Å². The number of esters is 1. The molecule has 1 amide bonds. The van der Waals surface area contributed by atoms with Crippen LogP contribution in [-0.4, -0.2) is 31.7 Å². The second-order valence-electron chi connectivity index (χ2n) is 5.47. The molecule has 2 aromatic rings. The van der Waals surface area contributed by atoms with E-state index < -0.39 is 23.8 Å². The SMILES string of the molecule is CCOc1c(Cl)cc(C(=O)O[C@@H](C)C(=O)Nc2cccc(F)c2)cc1OC. The van der Waals surface area contributed by atoms with Crippen LogP contribution in [0.2, 0.25) is 5.02 Å². The minimum absolute atomic E-state index is 0.103. The van der Waals surface area contributed by atoms with Crippen molar-refractivity contribution in [2.75, 3.05) is 19.0 Å². The first-order valence-corrected chi connectivity index (χ1v) is 8.51. The molecule has 27 heavy (non-hydrogen) atoms. The summed E-state index contributed by atoms with van der Waals surface area (Å²) in [5, 5.41) is 2.65. The molecule has 0 aliphatic carbocycles. The standard InChI is InChI=1S/C19H19ClFNO5/c1-4-26-17-15(20)8-12(9-16(17)25-3)19(24)27-11(2)18(23)22-14-7-5-6-13(21)10-14/h5-11H,4H2,1-3H3,(H,22,23)/t11-/m0/s1. The first-order valence-electron chi connectivity index (χ1n) is 8.13. The van der Waals surface area contributed by atoms with Gasteiger partial charge in [-0.1, -0.05) is 17.7 Å². The van der Waals surface area contributed by atoms with Crippen molar-refractivity contribution in [3.8, 4) is 11.5 Å². The summed E-state index contributed by atoms with van der Waals surface area (Å²) in [6.07, 6.45) is -1.11. The predicted octanol–water partition coefficient (Wildman–Crippen LogP) is 4.07. The number of methoxy groups -OCH3 is 1. The Labute approximate surface area is 161 Å². The maximum absolute atomic E-state index is 13.2. The number of hydrogen-bond acceptors (Lipinski definition) is 5. The van der Waals surface area contributed by atoms with Crippen LogP contribution in [0.4, 0.5) is 10.1 Å². The molecule has 0 saturated heterocycles. The maximum Gasteiger partial charge on any atom is 0.339 e. The van der Waals surface area contributed by atoms with Gasteiger partial charge in [0.25, 0.3) is 5.91 Å². The van der Waals surface area contributed by atoms with E-state index in [4.69, 9.17) is 25.8 Å². The average Bonchev–Trinajstić information content (AvgIpc) is 2.63. The average molecular weight is 396 g/mol. The molecular weight excluding hydrogens is 377 g/mol. The van der Waals surface area contributed by atoms with Crippen molar-refractivity contribution in [2.45, 2.75) is 20.0 Å². The van der Waals surface area contributed by atoms with Gasteiger partial charge in [0.2, 0.25) is 0 Å². The van der Waals surface area contributed by atoms with Crippen LogP contribution in [0.3, 0.4) is 0 Å². The first-order chi connectivity index (χ1) is 12.8. The number of carbonyl (C=O) groups excluding carboxylic acids is 2. The molecule has 2 rings (SSSR count). The Balaban J connectivity index is 2.09. The number of halogens is 2. The fourth-order valence-corrected chi connectivity index (χ4v) is 2.48. The zero-order chi connectivity index (χ0) is 20.0. The smallest absolute Gasteiger partial charge is 0.339 e. The third-order valence-electron chi connectivity index (χ3n) is 3.50. The number of benzene rings is 2. The number of rotatable bonds is 7. The quantitative estimate of drug-likeness (QED) is 0.715. The topological polar surface area (TPSA) is 73.9 Å². The van der Waals surface area contributed by atoms with Crippen LogP contribution < -0.4 is 14.8 Å². The van der Waals surface area contributed by atoms with Crippen molar-refractivity contribution >= 4 is 29.2 Å². The molecule has 2 aromatic carbocycles. The zero-order valence-corrected chi connectivity index (χ0v) is 15.8. The van der Waals surface area contributed by atoms with Gasteiger partial charge in [0.15, 0.2) is 17.6 Å². The zero-order valence-electron chi connectivity index (χ0n) is 15.0. The van der Waals surface area contributed by atoms with E-state index in [9.17, 15) is 14.0 Å². The summed E-state index contributed by atoms with van der Waals surface area (Å²) in [5.74, 6) is -1.27. The highest BCUT2D eigenvalue weighted by Gasteiger charge is 2.22. The lowest BCUT2D eigenvalue weighted by molar-refractivity contribution is -0.123. The minimum Gasteiger partial charge on any atom is -0.493 e. The van der Waals surface area contributed by atoms with Crippen LogP contribution in [-0.2, 0) is 9.53 Å². The molecule has 0 spiro atoms. The van der Waals surface area contributed by atoms with E-state index in [1.165, 1.54) is 44.4 Å². The van der Waals surface area contributed by atoms with Crippen LogP contribution >= 0.6 is 11.6 Å². The van der Waals surface area contributed by atoms with E-state index in [0.29, 0.717) is 12.4 Å². The molecular formula is C19H19ClFNO5. The van der Waals surface area contributed by atoms with Gasteiger partial charge in [-0.3, -0.25) is 4.79 Å². The van der Waals surface area contributed by atoms with E-state index >= 15 is 0 Å². The van der Waals surface area contributed by atoms with Crippen LogP contribution in [0.1, 0.15) is 24.2 Å². The largest absolute Gasteiger partial charge is 0.493 e. The van der Waals surface area contributed by atoms with Gasteiger partial charge < -0.3 is 19.5 Å². The normalized spacial score (nSPS) is 11.4. The Bertz CT molecular complexity index is 843. The lowest BCUT2D eigenvalue weighted by atomic mass is 10.2. The number of anilines is 1. The molecule has 1 N–H and O–H groups in total. The highest BCUT2D eigenvalue weighted by atomic mass is 35.5. The van der Waals surface area contributed by atoms with E-state index in [2.05, 4.69) is 5.32 Å². The Morgan fingerprint density at radius 2 is 2.00 bits per heavy atom. The van der Waals surface area contributed by atoms with Gasteiger partial charge in [-0.25, -0.2) is 9.18 Å². The summed E-state index contributed by atoms with van der Waals surface area (Å²) in [7, 11) is 1.42. The molecule has 0 fully saturated rings. The van der Waals surface area contributed by atoms with Crippen molar-refractivity contribution < 1.29 is 28.2 Å². The molecule has 0 saturated carbocycles. The molecule has 0 heterocycles. The summed E-state index contributed by atoms with van der Waals surface area (Å²) >= 11 is 6.13. The van der Waals surface area contributed by atoms with Crippen molar-refractivity contribution in [1.82, 2.24) is 0 Å². The van der Waals surface area contributed by atoms with Gasteiger partial charge >= 0.3 is 5.97 Å². The van der Waals surface area contributed by atoms with Gasteiger partial charge in [0, 0.05) is 5.69 Å². The summed E-state index contributed by atoms with van der Waals surface area (Å²) in [5.41, 5.74) is 0.361. The number of nitrogens with one attached hydrogen (secondary N) is 1. The van der Waals surface area contributed by atoms with Crippen LogP contribution in [0.5, 0.6) is 11.5 Å². The first kappa shape index (κ1) is 20.5. The lowest BCUT2D eigenvalue weighted by Gasteiger charge is -2.15. The molecule has 6 nitrogen and oxygen atoms in total. The van der Waals surface area contributed by atoms with Crippen molar-refractivity contribution in [2.24, 2.45) is 0 Å². The second-order valence-corrected chi connectivity index (χ2v) is 5.88. The summed E-state index contributed by atoms with van der Waals surface area (Å²) in [6.45, 7) is 3.56. The van der Waals surface area contributed by atoms with Crippen LogP contribution in [0.15, 0.2) is 36.4 Å². The minimum atomic E-state index is -1.11. The lowest BCUT2D eigenvalue weighted by Crippen LogP contribution is -2.30. The Hall–Kier alpha value is -2.80. The monoisotopic (exact) mass is 395 g/mol. The molecule has 0 aromatic heterocycles. The molecule has 1 atom stereocenters. The Kier molecular flexibility index (Phi) is 7.01. The summed E-state index contributed by atoms with van der Waals surface area (Å²) < 4.78 is 28.9. The van der Waals surface area contributed by atoms with Gasteiger partial charge in [-0.05, 0) is 44.2 Å². The molecule has 144 valence electrons. The number of ether oxygens (including phenoxy) is 3. The number of carbonyl (C=O) groups is 2. The molecule has 8 heteroatoms. The molecule has 0 unspecified atom stereocenters. The van der Waals surface area contributed by atoms with Crippen LogP contribution in [0, 0.1) is 5.82 Å². The van der Waals surface area contributed by atoms with Crippen LogP contribution in [0.25, 0.3) is 0 Å². The van der Waals surface area contributed by atoms with Gasteiger partial charge in [-0.2, -0.15) is 0 Å². The summed E-state index contributed by atoms with van der Waals surface area (Å²) in [6, 6.07) is 8.17. The third kappa shape index (κ3) is 5.34. The number of hydrogen-bond donors (Lipinski definition) is 1. The highest BCUT2D eigenvalue weighted by molar-refractivity contribution is 6.32. The van der Waals surface area contributed by atoms with Crippen molar-refractivity contribution in [3.05, 3.63) is 52.8 Å². The predicted molar refractivity (Wildman–Crippen MR) is 99.1 cm³/mol. The van der Waals surface area contributed by atoms with Gasteiger partial charge in [0.05, 0.1) is 24.3 Å². The Morgan fingerprint density at radius 1 is 1.26 bits per heavy atom. The number of amides is 1. The summed E-state index contributed by atoms with van der Waals surface area (Å²) in [4.78, 5) is 24.5. The fourth-order valence-electron chi connectivity index (χ4n) is 2.21. The van der Waals surface area contributed by atoms with Gasteiger partial charge in [0.1, 0.15) is 5.82 Å². The highest BCUT2D eigenvalue weighted by Crippen LogP contribution is 2.36. The van der Waals surface area contributed by atoms with E-state index in [0.717, 1.165) is 6.07 Å². The molecule has 0 bridgehead atoms. The van der Waals surface area contributed by atoms with E-state index in [1.807, 2.05) is 0 Å².